The van der Waals surface area contributed by atoms with Gasteiger partial charge in [-0.3, -0.25) is 4.79 Å². The molecule has 0 aliphatic rings. The quantitative estimate of drug-likeness (QED) is 0.813. The highest BCUT2D eigenvalue weighted by Gasteiger charge is 2.02. The minimum atomic E-state index is -0.157. The van der Waals surface area contributed by atoms with E-state index in [0.29, 0.717) is 6.54 Å². The van der Waals surface area contributed by atoms with Crippen LogP contribution in [0.5, 0.6) is 0 Å². The van der Waals surface area contributed by atoms with Crippen LogP contribution < -0.4 is 10.6 Å². The molecule has 2 N–H and O–H groups in total. The Morgan fingerprint density at radius 2 is 1.90 bits per heavy atom. The number of nitrogens with one attached hydrogen (secondary N) is 2. The lowest BCUT2D eigenvalue weighted by Crippen LogP contribution is -2.20. The number of hydrogen-bond acceptors (Lipinski definition) is 2. The van der Waals surface area contributed by atoms with Crippen molar-refractivity contribution in [3.63, 3.8) is 0 Å². The van der Waals surface area contributed by atoms with Crippen molar-refractivity contribution in [2.75, 3.05) is 5.32 Å². The van der Waals surface area contributed by atoms with Crippen molar-refractivity contribution in [3.05, 3.63) is 72.3 Å². The summed E-state index contributed by atoms with van der Waals surface area (Å²) in [6, 6.07) is 16.1. The van der Waals surface area contributed by atoms with Crippen LogP contribution >= 0.6 is 0 Å². The molecule has 1 amide bonds. The molecule has 0 saturated carbocycles. The highest BCUT2D eigenvalue weighted by atomic mass is 16.1. The molecule has 3 nitrogen and oxygen atoms in total. The van der Waals surface area contributed by atoms with Crippen LogP contribution in [0.4, 0.5) is 11.4 Å². The number of rotatable bonds is 5. The van der Waals surface area contributed by atoms with E-state index in [1.807, 2.05) is 49.4 Å². The lowest BCUT2D eigenvalue weighted by atomic mass is 10.1. The zero-order valence-corrected chi connectivity index (χ0v) is 11.5. The second kappa shape index (κ2) is 6.57. The molecule has 0 spiro atoms. The first-order chi connectivity index (χ1) is 9.69. The zero-order chi connectivity index (χ0) is 14.4. The maximum absolute atomic E-state index is 11.2. The minimum absolute atomic E-state index is 0.157. The number of carbonyl (C=O) groups excluding carboxylic acids is 1. The van der Waals surface area contributed by atoms with Gasteiger partial charge in [-0.2, -0.15) is 0 Å². The van der Waals surface area contributed by atoms with Gasteiger partial charge in [-0.05, 0) is 48.4 Å². The van der Waals surface area contributed by atoms with Crippen molar-refractivity contribution in [1.29, 1.82) is 0 Å². The van der Waals surface area contributed by atoms with Gasteiger partial charge in [0.15, 0.2) is 0 Å². The van der Waals surface area contributed by atoms with Crippen LogP contribution in [0.1, 0.15) is 11.1 Å². The standard InChI is InChI=1S/C17H18N2O/c1-3-17(20)18-12-14-9-10-16(11-13(14)2)19-15-7-5-4-6-8-15/h3-11,19H,1,12H2,2H3,(H,18,20). The molecule has 0 heterocycles. The molecule has 0 saturated heterocycles. The van der Waals surface area contributed by atoms with Gasteiger partial charge in [-0.15, -0.1) is 0 Å². The number of aryl methyl sites for hydroxylation is 1. The third-order valence-electron chi connectivity index (χ3n) is 3.04. The number of carbonyl (C=O) groups is 1. The summed E-state index contributed by atoms with van der Waals surface area (Å²) < 4.78 is 0. The second-order valence-corrected chi connectivity index (χ2v) is 4.55. The van der Waals surface area contributed by atoms with Gasteiger partial charge in [-0.1, -0.05) is 30.8 Å². The Labute approximate surface area is 119 Å². The zero-order valence-electron chi connectivity index (χ0n) is 11.5. The van der Waals surface area contributed by atoms with E-state index in [1.54, 1.807) is 0 Å². The summed E-state index contributed by atoms with van der Waals surface area (Å²) in [6.45, 7) is 5.98. The molecule has 0 aromatic heterocycles. The maximum atomic E-state index is 11.2. The largest absolute Gasteiger partial charge is 0.356 e. The lowest BCUT2D eigenvalue weighted by Gasteiger charge is -2.11. The number of benzene rings is 2. The van der Waals surface area contributed by atoms with E-state index in [9.17, 15) is 4.79 Å². The van der Waals surface area contributed by atoms with Gasteiger partial charge >= 0.3 is 0 Å². The van der Waals surface area contributed by atoms with E-state index in [0.717, 1.165) is 22.5 Å². The molecule has 0 fully saturated rings. The van der Waals surface area contributed by atoms with Gasteiger partial charge in [-0.25, -0.2) is 0 Å². The molecule has 0 unspecified atom stereocenters. The van der Waals surface area contributed by atoms with Gasteiger partial charge in [0.1, 0.15) is 0 Å². The van der Waals surface area contributed by atoms with E-state index in [2.05, 4.69) is 23.3 Å². The normalized spacial score (nSPS) is 9.85. The lowest BCUT2D eigenvalue weighted by molar-refractivity contribution is -0.116. The number of para-hydroxylation sites is 1. The van der Waals surface area contributed by atoms with E-state index < -0.39 is 0 Å². The van der Waals surface area contributed by atoms with Crippen LogP contribution in [-0.2, 0) is 11.3 Å². The number of amides is 1. The SMILES string of the molecule is C=CC(=O)NCc1ccc(Nc2ccccc2)cc1C. The van der Waals surface area contributed by atoms with Gasteiger partial charge in [0, 0.05) is 17.9 Å². The van der Waals surface area contributed by atoms with Crippen LogP contribution in [0.2, 0.25) is 0 Å². The predicted molar refractivity (Wildman–Crippen MR) is 82.9 cm³/mol. The van der Waals surface area contributed by atoms with E-state index >= 15 is 0 Å². The summed E-state index contributed by atoms with van der Waals surface area (Å²) in [5, 5.41) is 6.13. The second-order valence-electron chi connectivity index (χ2n) is 4.55. The maximum Gasteiger partial charge on any atom is 0.243 e. The first kappa shape index (κ1) is 13.9. The van der Waals surface area contributed by atoms with E-state index in [-0.39, 0.29) is 5.91 Å². The first-order valence-corrected chi connectivity index (χ1v) is 6.51. The van der Waals surface area contributed by atoms with Crippen LogP contribution in [0.3, 0.4) is 0 Å². The number of anilines is 2. The molecule has 0 aliphatic heterocycles. The highest BCUT2D eigenvalue weighted by Crippen LogP contribution is 2.19. The first-order valence-electron chi connectivity index (χ1n) is 6.51. The smallest absolute Gasteiger partial charge is 0.243 e. The molecule has 2 aromatic carbocycles. The molecular weight excluding hydrogens is 248 g/mol. The fourth-order valence-corrected chi connectivity index (χ4v) is 1.91. The predicted octanol–water partition coefficient (Wildman–Crippen LogP) is 3.54. The molecule has 0 radical (unpaired) electrons. The third kappa shape index (κ3) is 3.72. The third-order valence-corrected chi connectivity index (χ3v) is 3.04. The Balaban J connectivity index is 2.05. The summed E-state index contributed by atoms with van der Waals surface area (Å²) in [4.78, 5) is 11.2. The van der Waals surface area contributed by atoms with Crippen LogP contribution in [0, 0.1) is 6.92 Å². The fourth-order valence-electron chi connectivity index (χ4n) is 1.91. The van der Waals surface area contributed by atoms with E-state index in [1.165, 1.54) is 6.08 Å². The minimum Gasteiger partial charge on any atom is -0.356 e. The summed E-state index contributed by atoms with van der Waals surface area (Å²) in [7, 11) is 0. The van der Waals surface area contributed by atoms with E-state index in [4.69, 9.17) is 0 Å². The summed E-state index contributed by atoms with van der Waals surface area (Å²) in [5.74, 6) is -0.157. The van der Waals surface area contributed by atoms with Crippen molar-refractivity contribution >= 4 is 17.3 Å². The van der Waals surface area contributed by atoms with Gasteiger partial charge in [0.05, 0.1) is 0 Å². The Hall–Kier alpha value is -2.55. The molecule has 20 heavy (non-hydrogen) atoms. The van der Waals surface area contributed by atoms with Crippen molar-refractivity contribution in [2.45, 2.75) is 13.5 Å². The van der Waals surface area contributed by atoms with Gasteiger partial charge < -0.3 is 10.6 Å². The number of hydrogen-bond donors (Lipinski definition) is 2. The fraction of sp³-hybridized carbons (Fsp3) is 0.118. The summed E-state index contributed by atoms with van der Waals surface area (Å²) in [6.07, 6.45) is 1.28. The van der Waals surface area contributed by atoms with Crippen LogP contribution in [-0.4, -0.2) is 5.91 Å². The Kier molecular flexibility index (Phi) is 4.56. The topological polar surface area (TPSA) is 41.1 Å². The molecule has 102 valence electrons. The Morgan fingerprint density at radius 1 is 1.15 bits per heavy atom. The molecule has 2 rings (SSSR count). The van der Waals surface area contributed by atoms with Crippen molar-refractivity contribution in [3.8, 4) is 0 Å². The van der Waals surface area contributed by atoms with Crippen molar-refractivity contribution < 1.29 is 4.79 Å². The van der Waals surface area contributed by atoms with Gasteiger partial charge in [0.25, 0.3) is 0 Å². The molecule has 2 aromatic rings. The monoisotopic (exact) mass is 266 g/mol. The average Bonchev–Trinajstić information content (AvgIpc) is 2.47. The molecule has 0 bridgehead atoms. The molecule has 0 aliphatic carbocycles. The summed E-state index contributed by atoms with van der Waals surface area (Å²) in [5.41, 5.74) is 4.32. The van der Waals surface area contributed by atoms with Crippen LogP contribution in [0.15, 0.2) is 61.2 Å². The molecular formula is C17H18N2O. The van der Waals surface area contributed by atoms with Gasteiger partial charge in [0.2, 0.25) is 5.91 Å². The summed E-state index contributed by atoms with van der Waals surface area (Å²) >= 11 is 0. The molecule has 3 heteroatoms. The average molecular weight is 266 g/mol. The molecule has 0 atom stereocenters. The van der Waals surface area contributed by atoms with Crippen molar-refractivity contribution in [1.82, 2.24) is 5.32 Å². The van der Waals surface area contributed by atoms with Crippen LogP contribution in [0.25, 0.3) is 0 Å². The van der Waals surface area contributed by atoms with Crippen molar-refractivity contribution in [2.24, 2.45) is 0 Å². The Morgan fingerprint density at radius 3 is 2.55 bits per heavy atom. The Bertz CT molecular complexity index is 606. The highest BCUT2D eigenvalue weighted by molar-refractivity contribution is 5.86.